The molecule has 21 heavy (non-hydrogen) atoms. The molecule has 0 spiro atoms. The molecular formula is C16H21FN2O2. The molecule has 1 aromatic rings. The number of amides is 2. The predicted molar refractivity (Wildman–Crippen MR) is 81.0 cm³/mol. The van der Waals surface area contributed by atoms with E-state index < -0.39 is 0 Å². The van der Waals surface area contributed by atoms with Crippen molar-refractivity contribution in [3.05, 3.63) is 41.7 Å². The first-order valence-corrected chi connectivity index (χ1v) is 6.78. The predicted octanol–water partition coefficient (Wildman–Crippen LogP) is 2.17. The number of benzene rings is 1. The Morgan fingerprint density at radius 1 is 1.29 bits per heavy atom. The van der Waals surface area contributed by atoms with Crippen molar-refractivity contribution in [1.29, 1.82) is 0 Å². The number of carbonyl (C=O) groups excluding carboxylic acids is 2. The van der Waals surface area contributed by atoms with E-state index in [2.05, 4.69) is 0 Å². The molecule has 0 radical (unpaired) electrons. The average molecular weight is 292 g/mol. The van der Waals surface area contributed by atoms with Gasteiger partial charge in [0.15, 0.2) is 0 Å². The van der Waals surface area contributed by atoms with Gasteiger partial charge in [-0.05, 0) is 37.1 Å². The van der Waals surface area contributed by atoms with Gasteiger partial charge in [0.05, 0.1) is 6.54 Å². The molecule has 0 saturated carbocycles. The lowest BCUT2D eigenvalue weighted by Gasteiger charge is -2.21. The minimum absolute atomic E-state index is 0.0370. The first-order valence-electron chi connectivity index (χ1n) is 6.78. The molecule has 114 valence electrons. The Hall–Kier alpha value is -2.17. The van der Waals surface area contributed by atoms with Crippen LogP contribution in [0, 0.1) is 5.82 Å². The standard InChI is InChI=1S/C16H21FN2O2/c1-5-19(11-16(21)18(3)4)15(20)9-12(2)13-7-6-8-14(17)10-13/h6-10H,5,11H2,1-4H3/b12-9+. The van der Waals surface area contributed by atoms with Crippen molar-refractivity contribution < 1.29 is 14.0 Å². The summed E-state index contributed by atoms with van der Waals surface area (Å²) in [5.41, 5.74) is 1.31. The minimum Gasteiger partial charge on any atom is -0.347 e. The molecule has 0 aliphatic rings. The third-order valence-corrected chi connectivity index (χ3v) is 3.14. The molecule has 0 aliphatic carbocycles. The summed E-state index contributed by atoms with van der Waals surface area (Å²) >= 11 is 0. The molecule has 1 aromatic carbocycles. The molecule has 1 rings (SSSR count). The van der Waals surface area contributed by atoms with Gasteiger partial charge in [0.1, 0.15) is 5.82 Å². The summed E-state index contributed by atoms with van der Waals surface area (Å²) in [6.45, 7) is 4.03. The van der Waals surface area contributed by atoms with Crippen LogP contribution < -0.4 is 0 Å². The highest BCUT2D eigenvalue weighted by molar-refractivity contribution is 5.96. The highest BCUT2D eigenvalue weighted by Crippen LogP contribution is 2.15. The van der Waals surface area contributed by atoms with Crippen molar-refractivity contribution in [2.24, 2.45) is 0 Å². The van der Waals surface area contributed by atoms with Crippen LogP contribution in [0.4, 0.5) is 4.39 Å². The molecule has 0 aromatic heterocycles. The number of hydrogen-bond acceptors (Lipinski definition) is 2. The van der Waals surface area contributed by atoms with Crippen molar-refractivity contribution in [3.63, 3.8) is 0 Å². The van der Waals surface area contributed by atoms with Gasteiger partial charge in [-0.3, -0.25) is 9.59 Å². The molecule has 0 saturated heterocycles. The van der Waals surface area contributed by atoms with Gasteiger partial charge >= 0.3 is 0 Å². The fraction of sp³-hybridized carbons (Fsp3) is 0.375. The van der Waals surface area contributed by atoms with Gasteiger partial charge in [-0.1, -0.05) is 12.1 Å². The number of hydrogen-bond donors (Lipinski definition) is 0. The normalized spacial score (nSPS) is 11.2. The monoisotopic (exact) mass is 292 g/mol. The summed E-state index contributed by atoms with van der Waals surface area (Å²) in [5, 5.41) is 0. The summed E-state index contributed by atoms with van der Waals surface area (Å²) in [7, 11) is 3.29. The molecular weight excluding hydrogens is 271 g/mol. The summed E-state index contributed by atoms with van der Waals surface area (Å²) in [6, 6.07) is 6.07. The second kappa shape index (κ2) is 7.57. The van der Waals surface area contributed by atoms with Crippen molar-refractivity contribution in [1.82, 2.24) is 9.80 Å². The highest BCUT2D eigenvalue weighted by atomic mass is 19.1. The van der Waals surface area contributed by atoms with E-state index >= 15 is 0 Å². The smallest absolute Gasteiger partial charge is 0.247 e. The van der Waals surface area contributed by atoms with Crippen LogP contribution in [-0.2, 0) is 9.59 Å². The molecule has 0 unspecified atom stereocenters. The minimum atomic E-state index is -0.345. The SMILES string of the molecule is CCN(CC(=O)N(C)C)C(=O)/C=C(\C)c1cccc(F)c1. The maximum atomic E-state index is 13.2. The van der Waals surface area contributed by atoms with E-state index in [1.54, 1.807) is 33.2 Å². The van der Waals surface area contributed by atoms with Crippen molar-refractivity contribution in [3.8, 4) is 0 Å². The third kappa shape index (κ3) is 5.02. The van der Waals surface area contributed by atoms with Gasteiger partial charge in [-0.2, -0.15) is 0 Å². The molecule has 5 heteroatoms. The number of allylic oxidation sites excluding steroid dienone is 1. The molecule has 4 nitrogen and oxygen atoms in total. The van der Waals surface area contributed by atoms with E-state index in [0.717, 1.165) is 0 Å². The van der Waals surface area contributed by atoms with Crippen LogP contribution in [0.3, 0.4) is 0 Å². The molecule has 0 bridgehead atoms. The molecule has 0 heterocycles. The second-order valence-corrected chi connectivity index (χ2v) is 4.98. The van der Waals surface area contributed by atoms with E-state index in [1.807, 2.05) is 6.92 Å². The summed E-state index contributed by atoms with van der Waals surface area (Å²) in [5.74, 6) is -0.737. The van der Waals surface area contributed by atoms with Gasteiger partial charge in [0.2, 0.25) is 11.8 Å². The lowest BCUT2D eigenvalue weighted by atomic mass is 10.1. The largest absolute Gasteiger partial charge is 0.347 e. The quantitative estimate of drug-likeness (QED) is 0.780. The molecule has 0 fully saturated rings. The molecule has 0 N–H and O–H groups in total. The zero-order valence-corrected chi connectivity index (χ0v) is 12.9. The van der Waals surface area contributed by atoms with Gasteiger partial charge in [-0.15, -0.1) is 0 Å². The maximum Gasteiger partial charge on any atom is 0.247 e. The molecule has 0 aliphatic heterocycles. The Balaban J connectivity index is 2.85. The second-order valence-electron chi connectivity index (χ2n) is 4.98. The Kier molecular flexibility index (Phi) is 6.09. The van der Waals surface area contributed by atoms with Crippen LogP contribution >= 0.6 is 0 Å². The first kappa shape index (κ1) is 16.9. The van der Waals surface area contributed by atoms with Gasteiger partial charge in [-0.25, -0.2) is 4.39 Å². The van der Waals surface area contributed by atoms with Gasteiger partial charge in [0, 0.05) is 26.7 Å². The van der Waals surface area contributed by atoms with Crippen LogP contribution in [0.25, 0.3) is 5.57 Å². The Bertz CT molecular complexity index is 553. The summed E-state index contributed by atoms with van der Waals surface area (Å²) < 4.78 is 13.2. The molecule has 0 atom stereocenters. The fourth-order valence-corrected chi connectivity index (χ4v) is 1.74. The Morgan fingerprint density at radius 3 is 2.48 bits per heavy atom. The van der Waals surface area contributed by atoms with E-state index in [0.29, 0.717) is 17.7 Å². The molecule has 2 amide bonds. The van der Waals surface area contributed by atoms with Crippen molar-refractivity contribution in [2.45, 2.75) is 13.8 Å². The van der Waals surface area contributed by atoms with Crippen LogP contribution in [-0.4, -0.2) is 48.8 Å². The van der Waals surface area contributed by atoms with E-state index in [1.165, 1.54) is 28.0 Å². The first-order chi connectivity index (χ1) is 9.85. The third-order valence-electron chi connectivity index (χ3n) is 3.14. The summed E-state index contributed by atoms with van der Waals surface area (Å²) in [6.07, 6.45) is 1.43. The number of likely N-dealkylation sites (N-methyl/N-ethyl adjacent to an activating group) is 2. The van der Waals surface area contributed by atoms with Gasteiger partial charge in [0.25, 0.3) is 0 Å². The Morgan fingerprint density at radius 2 is 1.95 bits per heavy atom. The lowest BCUT2D eigenvalue weighted by Crippen LogP contribution is -2.39. The van der Waals surface area contributed by atoms with Gasteiger partial charge < -0.3 is 9.80 Å². The van der Waals surface area contributed by atoms with Crippen LogP contribution in [0.5, 0.6) is 0 Å². The fourth-order valence-electron chi connectivity index (χ4n) is 1.74. The van der Waals surface area contributed by atoms with Crippen LogP contribution in [0.1, 0.15) is 19.4 Å². The number of rotatable bonds is 5. The number of carbonyl (C=O) groups is 2. The number of nitrogens with zero attached hydrogens (tertiary/aromatic N) is 2. The maximum absolute atomic E-state index is 13.2. The van der Waals surface area contributed by atoms with Crippen molar-refractivity contribution >= 4 is 17.4 Å². The van der Waals surface area contributed by atoms with Crippen LogP contribution in [0.15, 0.2) is 30.3 Å². The van der Waals surface area contributed by atoms with Crippen molar-refractivity contribution in [2.75, 3.05) is 27.2 Å². The summed E-state index contributed by atoms with van der Waals surface area (Å²) in [4.78, 5) is 26.8. The lowest BCUT2D eigenvalue weighted by molar-refractivity contribution is -0.136. The van der Waals surface area contributed by atoms with E-state index in [-0.39, 0.29) is 24.2 Å². The topological polar surface area (TPSA) is 40.6 Å². The van der Waals surface area contributed by atoms with E-state index in [9.17, 15) is 14.0 Å². The average Bonchev–Trinajstić information content (AvgIpc) is 2.43. The Labute approximate surface area is 124 Å². The van der Waals surface area contributed by atoms with E-state index in [4.69, 9.17) is 0 Å². The highest BCUT2D eigenvalue weighted by Gasteiger charge is 2.15. The zero-order valence-electron chi connectivity index (χ0n) is 12.9. The number of halogens is 1. The zero-order chi connectivity index (χ0) is 16.0. The van der Waals surface area contributed by atoms with Crippen LogP contribution in [0.2, 0.25) is 0 Å².